The maximum atomic E-state index is 13.1. The molecule has 3 nitrogen and oxygen atoms in total. The minimum absolute atomic E-state index is 0.137. The van der Waals surface area contributed by atoms with Gasteiger partial charge in [-0.15, -0.1) is 11.3 Å². The van der Waals surface area contributed by atoms with Crippen molar-refractivity contribution < 1.29 is 13.2 Å². The Bertz CT molecular complexity index is 603. The van der Waals surface area contributed by atoms with Gasteiger partial charge in [0, 0.05) is 11.3 Å². The van der Waals surface area contributed by atoms with Crippen molar-refractivity contribution in [2.75, 3.05) is 0 Å². The first-order chi connectivity index (χ1) is 9.82. The highest BCUT2D eigenvalue weighted by molar-refractivity contribution is 7.11. The summed E-state index contributed by atoms with van der Waals surface area (Å²) >= 11 is 1.48. The van der Waals surface area contributed by atoms with E-state index in [9.17, 15) is 13.2 Å². The van der Waals surface area contributed by atoms with Gasteiger partial charge in [0.2, 0.25) is 0 Å². The van der Waals surface area contributed by atoms with Gasteiger partial charge < -0.3 is 0 Å². The molecule has 114 valence electrons. The minimum Gasteiger partial charge on any atom is -0.271 e. The Morgan fingerprint density at radius 1 is 1.29 bits per heavy atom. The van der Waals surface area contributed by atoms with Crippen molar-refractivity contribution in [2.24, 2.45) is 5.84 Å². The number of nitrogens with one attached hydrogen (secondary N) is 1. The van der Waals surface area contributed by atoms with Gasteiger partial charge in [-0.1, -0.05) is 18.2 Å². The lowest BCUT2D eigenvalue weighted by atomic mass is 9.98. The Morgan fingerprint density at radius 2 is 1.95 bits per heavy atom. The SMILES string of the molecule is Cc1nc(CC(NN)c2ccccc2C(F)(F)F)sc1C. The number of benzene rings is 1. The number of halogens is 3. The third-order valence-corrected chi connectivity index (χ3v) is 4.39. The van der Waals surface area contributed by atoms with Gasteiger partial charge in [-0.25, -0.2) is 4.98 Å². The van der Waals surface area contributed by atoms with Crippen LogP contribution in [0.3, 0.4) is 0 Å². The molecule has 0 saturated heterocycles. The molecule has 0 spiro atoms. The molecule has 3 N–H and O–H groups in total. The van der Waals surface area contributed by atoms with Crippen molar-refractivity contribution in [2.45, 2.75) is 32.5 Å². The topological polar surface area (TPSA) is 50.9 Å². The molecule has 1 atom stereocenters. The molecule has 0 aliphatic rings. The summed E-state index contributed by atoms with van der Waals surface area (Å²) in [4.78, 5) is 5.42. The smallest absolute Gasteiger partial charge is 0.271 e. The Morgan fingerprint density at radius 3 is 2.48 bits per heavy atom. The molecular weight excluding hydrogens is 299 g/mol. The van der Waals surface area contributed by atoms with E-state index in [4.69, 9.17) is 5.84 Å². The summed E-state index contributed by atoms with van der Waals surface area (Å²) < 4.78 is 39.2. The van der Waals surface area contributed by atoms with Crippen molar-refractivity contribution in [3.63, 3.8) is 0 Å². The summed E-state index contributed by atoms with van der Waals surface area (Å²) in [6.45, 7) is 3.81. The molecule has 0 amide bonds. The van der Waals surface area contributed by atoms with E-state index in [1.807, 2.05) is 13.8 Å². The summed E-state index contributed by atoms with van der Waals surface area (Å²) in [5.74, 6) is 5.47. The van der Waals surface area contributed by atoms with E-state index in [1.165, 1.54) is 23.5 Å². The molecule has 0 aliphatic carbocycles. The van der Waals surface area contributed by atoms with E-state index in [-0.39, 0.29) is 5.56 Å². The number of aromatic nitrogens is 1. The molecule has 0 saturated carbocycles. The second-order valence-corrected chi connectivity index (χ2v) is 6.05. The monoisotopic (exact) mass is 315 g/mol. The predicted molar refractivity (Wildman–Crippen MR) is 76.8 cm³/mol. The first-order valence-corrected chi connectivity index (χ1v) is 7.19. The third-order valence-electron chi connectivity index (χ3n) is 3.29. The van der Waals surface area contributed by atoms with Crippen LogP contribution < -0.4 is 11.3 Å². The zero-order valence-electron chi connectivity index (χ0n) is 11.7. The van der Waals surface area contributed by atoms with Crippen LogP contribution in [0.15, 0.2) is 24.3 Å². The fourth-order valence-corrected chi connectivity index (χ4v) is 3.10. The van der Waals surface area contributed by atoms with E-state index < -0.39 is 17.8 Å². The highest BCUT2D eigenvalue weighted by Crippen LogP contribution is 2.35. The van der Waals surface area contributed by atoms with E-state index >= 15 is 0 Å². The Balaban J connectivity index is 2.34. The number of nitrogens with zero attached hydrogens (tertiary/aromatic N) is 1. The van der Waals surface area contributed by atoms with E-state index in [0.29, 0.717) is 6.42 Å². The van der Waals surface area contributed by atoms with Crippen LogP contribution >= 0.6 is 11.3 Å². The highest BCUT2D eigenvalue weighted by atomic mass is 32.1. The first kappa shape index (κ1) is 15.9. The molecule has 7 heteroatoms. The molecule has 0 radical (unpaired) electrons. The van der Waals surface area contributed by atoms with E-state index in [0.717, 1.165) is 21.6 Å². The van der Waals surface area contributed by atoms with Gasteiger partial charge in [0.05, 0.1) is 22.3 Å². The molecule has 2 aromatic rings. The molecular formula is C14H16F3N3S. The Labute approximate surface area is 125 Å². The first-order valence-electron chi connectivity index (χ1n) is 6.38. The zero-order valence-corrected chi connectivity index (χ0v) is 12.5. The van der Waals surface area contributed by atoms with E-state index in [1.54, 1.807) is 6.07 Å². The van der Waals surface area contributed by atoms with Crippen molar-refractivity contribution in [1.29, 1.82) is 0 Å². The Hall–Kier alpha value is -1.44. The highest BCUT2D eigenvalue weighted by Gasteiger charge is 2.35. The number of rotatable bonds is 4. The maximum Gasteiger partial charge on any atom is 0.416 e. The molecule has 1 unspecified atom stereocenters. The number of hydrogen-bond acceptors (Lipinski definition) is 4. The lowest BCUT2D eigenvalue weighted by Gasteiger charge is -2.20. The summed E-state index contributed by atoms with van der Waals surface area (Å²) in [6, 6.07) is 4.83. The molecule has 2 rings (SSSR count). The zero-order chi connectivity index (χ0) is 15.6. The van der Waals surface area contributed by atoms with Crippen LogP contribution in [-0.4, -0.2) is 4.98 Å². The van der Waals surface area contributed by atoms with Crippen LogP contribution in [0.25, 0.3) is 0 Å². The quantitative estimate of drug-likeness (QED) is 0.670. The molecule has 1 aromatic heterocycles. The summed E-state index contributed by atoms with van der Waals surface area (Å²) in [7, 11) is 0. The lowest BCUT2D eigenvalue weighted by molar-refractivity contribution is -0.138. The van der Waals surface area contributed by atoms with Crippen molar-refractivity contribution in [3.8, 4) is 0 Å². The van der Waals surface area contributed by atoms with Gasteiger partial charge in [-0.2, -0.15) is 13.2 Å². The van der Waals surface area contributed by atoms with E-state index in [2.05, 4.69) is 10.4 Å². The van der Waals surface area contributed by atoms with Gasteiger partial charge >= 0.3 is 6.18 Å². The molecule has 0 fully saturated rings. The fraction of sp³-hybridized carbons (Fsp3) is 0.357. The maximum absolute atomic E-state index is 13.1. The lowest BCUT2D eigenvalue weighted by Crippen LogP contribution is -2.31. The summed E-state index contributed by atoms with van der Waals surface area (Å²) in [5, 5.41) is 0.768. The molecule has 0 bridgehead atoms. The van der Waals surface area contributed by atoms with Crippen LogP contribution in [0.1, 0.15) is 32.7 Å². The van der Waals surface area contributed by atoms with Gasteiger partial charge in [-0.3, -0.25) is 11.3 Å². The Kier molecular flexibility index (Phi) is 4.65. The second-order valence-electron chi connectivity index (χ2n) is 4.76. The molecule has 0 aliphatic heterocycles. The van der Waals surface area contributed by atoms with Gasteiger partial charge in [0.1, 0.15) is 0 Å². The number of nitrogens with two attached hydrogens (primary N) is 1. The van der Waals surface area contributed by atoms with Crippen LogP contribution in [0.5, 0.6) is 0 Å². The standard InChI is InChI=1S/C14H16F3N3S/c1-8-9(2)21-13(19-8)7-12(20-18)10-5-3-4-6-11(10)14(15,16)17/h3-6,12,20H,7,18H2,1-2H3. The number of hydrazine groups is 1. The average Bonchev–Trinajstić information content (AvgIpc) is 2.74. The van der Waals surface area contributed by atoms with Crippen LogP contribution in [-0.2, 0) is 12.6 Å². The van der Waals surface area contributed by atoms with Crippen molar-refractivity contribution in [1.82, 2.24) is 10.4 Å². The van der Waals surface area contributed by atoms with Crippen molar-refractivity contribution in [3.05, 3.63) is 51.0 Å². The average molecular weight is 315 g/mol. The van der Waals surface area contributed by atoms with Gasteiger partial charge in [0.25, 0.3) is 0 Å². The molecule has 1 heterocycles. The normalized spacial score (nSPS) is 13.4. The summed E-state index contributed by atoms with van der Waals surface area (Å²) in [5.41, 5.74) is 2.84. The molecule has 21 heavy (non-hydrogen) atoms. The van der Waals surface area contributed by atoms with Gasteiger partial charge in [0.15, 0.2) is 0 Å². The predicted octanol–water partition coefficient (Wildman–Crippen LogP) is 3.53. The van der Waals surface area contributed by atoms with Crippen LogP contribution in [0.4, 0.5) is 13.2 Å². The summed E-state index contributed by atoms with van der Waals surface area (Å²) in [6.07, 6.45) is -4.08. The fourth-order valence-electron chi connectivity index (χ4n) is 2.12. The number of hydrogen-bond donors (Lipinski definition) is 2. The number of aryl methyl sites for hydroxylation is 2. The van der Waals surface area contributed by atoms with Gasteiger partial charge in [-0.05, 0) is 25.5 Å². The largest absolute Gasteiger partial charge is 0.416 e. The third kappa shape index (κ3) is 3.61. The second kappa shape index (κ2) is 6.13. The van der Waals surface area contributed by atoms with Crippen LogP contribution in [0, 0.1) is 13.8 Å². The van der Waals surface area contributed by atoms with Crippen LogP contribution in [0.2, 0.25) is 0 Å². The molecule has 1 aromatic carbocycles. The number of thiazole rings is 1. The minimum atomic E-state index is -4.40. The number of alkyl halides is 3. The van der Waals surface area contributed by atoms with Crippen molar-refractivity contribution >= 4 is 11.3 Å².